The van der Waals surface area contributed by atoms with E-state index in [4.69, 9.17) is 0 Å². The van der Waals surface area contributed by atoms with E-state index in [1.807, 2.05) is 6.07 Å². The Bertz CT molecular complexity index is 406. The molecule has 1 aliphatic heterocycles. The molecule has 1 amide bonds. The number of carbonyl (C=O) groups excluding carboxylic acids is 1. The first-order valence-electron chi connectivity index (χ1n) is 5.43. The van der Waals surface area contributed by atoms with Crippen molar-refractivity contribution in [1.29, 1.82) is 0 Å². The average molecular weight is 222 g/mol. The molecule has 4 heteroatoms. The number of amides is 1. The van der Waals surface area contributed by atoms with Crippen molar-refractivity contribution in [3.8, 4) is 0 Å². The van der Waals surface area contributed by atoms with Crippen molar-refractivity contribution in [2.45, 2.75) is 19.4 Å². The molecule has 0 radical (unpaired) electrons. The molecule has 1 aromatic rings. The second-order valence-electron chi connectivity index (χ2n) is 4.07. The molecule has 0 saturated carbocycles. The highest BCUT2D eigenvalue weighted by Gasteiger charge is 2.17. The fourth-order valence-electron chi connectivity index (χ4n) is 1.86. The minimum absolute atomic E-state index is 0.0637. The molecular formula is C12H15FN2O. The van der Waals surface area contributed by atoms with Crippen molar-refractivity contribution in [3.63, 3.8) is 0 Å². The summed E-state index contributed by atoms with van der Waals surface area (Å²) in [6.07, 6.45) is 0.497. The summed E-state index contributed by atoms with van der Waals surface area (Å²) in [5.74, 6) is -0.129. The summed E-state index contributed by atoms with van der Waals surface area (Å²) in [6.45, 7) is 2.96. The van der Waals surface area contributed by atoms with Gasteiger partial charge in [0.1, 0.15) is 5.82 Å². The van der Waals surface area contributed by atoms with E-state index in [1.165, 1.54) is 6.07 Å². The van der Waals surface area contributed by atoms with Gasteiger partial charge in [0.05, 0.1) is 0 Å². The van der Waals surface area contributed by atoms with Crippen molar-refractivity contribution in [3.05, 3.63) is 35.1 Å². The Balaban J connectivity index is 2.16. The van der Waals surface area contributed by atoms with E-state index in [0.29, 0.717) is 25.1 Å². The molecule has 0 aliphatic carbocycles. The second-order valence-corrected chi connectivity index (χ2v) is 4.07. The molecule has 0 bridgehead atoms. The van der Waals surface area contributed by atoms with Gasteiger partial charge in [0, 0.05) is 25.6 Å². The van der Waals surface area contributed by atoms with Crippen molar-refractivity contribution in [2.24, 2.45) is 0 Å². The summed E-state index contributed by atoms with van der Waals surface area (Å²) in [4.78, 5) is 11.2. The average Bonchev–Trinajstić information content (AvgIpc) is 2.47. The van der Waals surface area contributed by atoms with Crippen LogP contribution in [0.3, 0.4) is 0 Å². The van der Waals surface area contributed by atoms with Crippen molar-refractivity contribution >= 4 is 5.91 Å². The maximum atomic E-state index is 13.1. The molecule has 1 saturated heterocycles. The van der Waals surface area contributed by atoms with Gasteiger partial charge in [0.25, 0.3) is 0 Å². The third kappa shape index (κ3) is 2.39. The highest BCUT2D eigenvalue weighted by atomic mass is 19.1. The molecule has 86 valence electrons. The van der Waals surface area contributed by atoms with Crippen LogP contribution in [0.25, 0.3) is 0 Å². The molecule has 3 nitrogen and oxygen atoms in total. The molecule has 16 heavy (non-hydrogen) atoms. The normalized spacial score (nSPS) is 21.4. The summed E-state index contributed by atoms with van der Waals surface area (Å²) in [5.41, 5.74) is 1.65. The van der Waals surface area contributed by atoms with E-state index in [2.05, 4.69) is 10.6 Å². The molecule has 1 unspecified atom stereocenters. The lowest BCUT2D eigenvalue weighted by atomic mass is 10.0. The van der Waals surface area contributed by atoms with E-state index >= 15 is 0 Å². The number of carbonyl (C=O) groups is 1. The zero-order valence-corrected chi connectivity index (χ0v) is 9.22. The maximum Gasteiger partial charge on any atom is 0.221 e. The zero-order valence-electron chi connectivity index (χ0n) is 9.22. The number of rotatable bonds is 1. The maximum absolute atomic E-state index is 13.1. The minimum Gasteiger partial charge on any atom is -0.354 e. The van der Waals surface area contributed by atoms with Gasteiger partial charge >= 0.3 is 0 Å². The summed E-state index contributed by atoms with van der Waals surface area (Å²) in [7, 11) is 0. The van der Waals surface area contributed by atoms with Crippen molar-refractivity contribution < 1.29 is 9.18 Å². The van der Waals surface area contributed by atoms with Crippen molar-refractivity contribution in [1.82, 2.24) is 10.6 Å². The third-order valence-corrected chi connectivity index (χ3v) is 2.83. The standard InChI is InChI=1S/C12H15FN2O/c1-8-6-9(2-3-10(8)13)11-7-15-12(16)4-5-14-11/h2-3,6,11,14H,4-5,7H2,1H3,(H,15,16). The molecule has 0 aromatic heterocycles. The molecule has 1 heterocycles. The molecule has 2 rings (SSSR count). The Labute approximate surface area is 94.0 Å². The van der Waals surface area contributed by atoms with E-state index in [9.17, 15) is 9.18 Å². The van der Waals surface area contributed by atoms with Crippen LogP contribution >= 0.6 is 0 Å². The van der Waals surface area contributed by atoms with Crippen LogP contribution < -0.4 is 10.6 Å². The van der Waals surface area contributed by atoms with Gasteiger partial charge in [-0.25, -0.2) is 4.39 Å². The van der Waals surface area contributed by atoms with Crippen LogP contribution in [0.4, 0.5) is 4.39 Å². The van der Waals surface area contributed by atoms with Crippen LogP contribution in [0.2, 0.25) is 0 Å². The second kappa shape index (κ2) is 4.61. The zero-order chi connectivity index (χ0) is 11.5. The molecule has 1 fully saturated rings. The molecule has 1 aromatic carbocycles. The van der Waals surface area contributed by atoms with Crippen LogP contribution in [0, 0.1) is 12.7 Å². The quantitative estimate of drug-likeness (QED) is 0.751. The summed E-state index contributed by atoms with van der Waals surface area (Å²) >= 11 is 0. The Morgan fingerprint density at radius 3 is 3.00 bits per heavy atom. The highest BCUT2D eigenvalue weighted by Crippen LogP contribution is 2.17. The van der Waals surface area contributed by atoms with E-state index in [1.54, 1.807) is 13.0 Å². The van der Waals surface area contributed by atoms with E-state index in [0.717, 1.165) is 5.56 Å². The van der Waals surface area contributed by atoms with Crippen molar-refractivity contribution in [2.75, 3.05) is 13.1 Å². The highest BCUT2D eigenvalue weighted by molar-refractivity contribution is 5.76. The van der Waals surface area contributed by atoms with Crippen LogP contribution in [0.5, 0.6) is 0 Å². The monoisotopic (exact) mass is 222 g/mol. The van der Waals surface area contributed by atoms with Gasteiger partial charge in [-0.2, -0.15) is 0 Å². The first-order chi connectivity index (χ1) is 7.66. The Morgan fingerprint density at radius 2 is 2.25 bits per heavy atom. The topological polar surface area (TPSA) is 41.1 Å². The lowest BCUT2D eigenvalue weighted by Crippen LogP contribution is -2.28. The Kier molecular flexibility index (Phi) is 3.19. The first-order valence-corrected chi connectivity index (χ1v) is 5.43. The Hall–Kier alpha value is -1.42. The van der Waals surface area contributed by atoms with Gasteiger partial charge in [-0.1, -0.05) is 12.1 Å². The first kappa shape index (κ1) is 11.1. The number of halogens is 1. The summed E-state index contributed by atoms with van der Waals surface area (Å²) in [5, 5.41) is 6.10. The lowest BCUT2D eigenvalue weighted by Gasteiger charge is -2.16. The molecule has 0 spiro atoms. The Morgan fingerprint density at radius 1 is 1.44 bits per heavy atom. The van der Waals surface area contributed by atoms with E-state index < -0.39 is 0 Å². The third-order valence-electron chi connectivity index (χ3n) is 2.83. The van der Waals surface area contributed by atoms with E-state index in [-0.39, 0.29) is 17.8 Å². The number of nitrogens with one attached hydrogen (secondary N) is 2. The number of hydrogen-bond acceptors (Lipinski definition) is 2. The SMILES string of the molecule is Cc1cc(C2CNC(=O)CCN2)ccc1F. The number of benzene rings is 1. The fraction of sp³-hybridized carbons (Fsp3) is 0.417. The van der Waals surface area contributed by atoms with Gasteiger partial charge < -0.3 is 10.6 Å². The fourth-order valence-corrected chi connectivity index (χ4v) is 1.86. The molecule has 1 aliphatic rings. The predicted octanol–water partition coefficient (Wildman–Crippen LogP) is 1.28. The lowest BCUT2D eigenvalue weighted by molar-refractivity contribution is -0.120. The number of hydrogen-bond donors (Lipinski definition) is 2. The van der Waals surface area contributed by atoms with Crippen LogP contribution in [0.1, 0.15) is 23.6 Å². The summed E-state index contributed by atoms with van der Waals surface area (Å²) < 4.78 is 13.1. The van der Waals surface area contributed by atoms with Crippen LogP contribution in [-0.2, 0) is 4.79 Å². The van der Waals surface area contributed by atoms with Gasteiger partial charge in [-0.05, 0) is 24.1 Å². The molecule has 1 atom stereocenters. The predicted molar refractivity (Wildman–Crippen MR) is 59.5 cm³/mol. The molecule has 2 N–H and O–H groups in total. The van der Waals surface area contributed by atoms with Gasteiger partial charge in [-0.15, -0.1) is 0 Å². The molecular weight excluding hydrogens is 207 g/mol. The van der Waals surface area contributed by atoms with Gasteiger partial charge in [-0.3, -0.25) is 4.79 Å². The largest absolute Gasteiger partial charge is 0.354 e. The summed E-state index contributed by atoms with van der Waals surface area (Å²) in [6, 6.07) is 5.13. The minimum atomic E-state index is -0.193. The van der Waals surface area contributed by atoms with Crippen LogP contribution in [-0.4, -0.2) is 19.0 Å². The van der Waals surface area contributed by atoms with Crippen LogP contribution in [0.15, 0.2) is 18.2 Å². The number of aryl methyl sites for hydroxylation is 1. The smallest absolute Gasteiger partial charge is 0.221 e. The van der Waals surface area contributed by atoms with Gasteiger partial charge in [0.15, 0.2) is 0 Å². The van der Waals surface area contributed by atoms with Gasteiger partial charge in [0.2, 0.25) is 5.91 Å².